The lowest BCUT2D eigenvalue weighted by Gasteiger charge is -2.05. The number of ketones is 1. The number of aromatic hydroxyl groups is 3. The van der Waals surface area contributed by atoms with Crippen LogP contribution in [0, 0.1) is 0 Å². The molecule has 0 atom stereocenters. The minimum Gasteiger partial charge on any atom is -0.506 e. The zero-order valence-corrected chi connectivity index (χ0v) is 13.1. The van der Waals surface area contributed by atoms with Crippen LogP contribution in [0.15, 0.2) is 34.5 Å². The van der Waals surface area contributed by atoms with Crippen molar-refractivity contribution in [3.63, 3.8) is 0 Å². The van der Waals surface area contributed by atoms with Crippen molar-refractivity contribution in [2.45, 2.75) is 0 Å². The number of allylic oxidation sites excluding steroid dienone is 1. The molecule has 22 heavy (non-hydrogen) atoms. The predicted molar refractivity (Wildman–Crippen MR) is 83.5 cm³/mol. The predicted octanol–water partition coefficient (Wildman–Crippen LogP) is 3.84. The van der Waals surface area contributed by atoms with E-state index in [1.165, 1.54) is 30.3 Å². The van der Waals surface area contributed by atoms with E-state index >= 15 is 0 Å². The third kappa shape index (κ3) is 2.30. The summed E-state index contributed by atoms with van der Waals surface area (Å²) in [5, 5.41) is 29.5. The smallest absolute Gasteiger partial charge is 0.232 e. The van der Waals surface area contributed by atoms with Gasteiger partial charge in [-0.3, -0.25) is 4.79 Å². The molecule has 0 fully saturated rings. The Hall–Kier alpha value is -2.18. The number of hydrogen-bond donors (Lipinski definition) is 3. The van der Waals surface area contributed by atoms with E-state index in [-0.39, 0.29) is 34.1 Å². The quantitative estimate of drug-likeness (QED) is 0.514. The van der Waals surface area contributed by atoms with E-state index < -0.39 is 11.5 Å². The molecule has 2 aromatic rings. The second-order valence-corrected chi connectivity index (χ2v) is 5.87. The summed E-state index contributed by atoms with van der Waals surface area (Å²) >= 11 is 9.06. The number of fused-ring (bicyclic) bond motifs is 1. The first kappa shape index (κ1) is 14.7. The van der Waals surface area contributed by atoms with Crippen LogP contribution in [0.5, 0.6) is 23.0 Å². The van der Waals surface area contributed by atoms with Crippen molar-refractivity contribution in [3.05, 3.63) is 50.6 Å². The summed E-state index contributed by atoms with van der Waals surface area (Å²) in [6.45, 7) is 0. The van der Waals surface area contributed by atoms with Gasteiger partial charge in [0, 0.05) is 10.6 Å². The molecule has 2 aromatic carbocycles. The van der Waals surface area contributed by atoms with Crippen molar-refractivity contribution in [3.8, 4) is 23.0 Å². The average Bonchev–Trinajstić information content (AvgIpc) is 2.77. The monoisotopic (exact) mass is 382 g/mol. The van der Waals surface area contributed by atoms with E-state index in [1.54, 1.807) is 0 Å². The first-order valence-electron chi connectivity index (χ1n) is 6.05. The van der Waals surface area contributed by atoms with E-state index in [0.29, 0.717) is 9.50 Å². The van der Waals surface area contributed by atoms with Crippen LogP contribution >= 0.6 is 27.5 Å². The van der Waals surface area contributed by atoms with E-state index in [1.807, 2.05) is 0 Å². The average molecular weight is 384 g/mol. The third-order valence-electron chi connectivity index (χ3n) is 3.13. The van der Waals surface area contributed by atoms with Crippen molar-refractivity contribution in [2.75, 3.05) is 0 Å². The number of phenolic OH excluding ortho intramolecular Hbond substituents is 3. The summed E-state index contributed by atoms with van der Waals surface area (Å²) < 4.78 is 5.67. The van der Waals surface area contributed by atoms with Crippen molar-refractivity contribution in [1.29, 1.82) is 0 Å². The molecule has 0 spiro atoms. The first-order chi connectivity index (χ1) is 10.4. The maximum atomic E-state index is 12.2. The Morgan fingerprint density at radius 1 is 1.14 bits per heavy atom. The molecule has 0 saturated carbocycles. The third-order valence-corrected chi connectivity index (χ3v) is 3.96. The van der Waals surface area contributed by atoms with Gasteiger partial charge < -0.3 is 20.1 Å². The summed E-state index contributed by atoms with van der Waals surface area (Å²) in [6.07, 6.45) is 1.31. The van der Waals surface area contributed by atoms with Crippen LogP contribution in [0.2, 0.25) is 5.02 Å². The topological polar surface area (TPSA) is 87.0 Å². The molecule has 1 heterocycles. The molecule has 0 saturated heterocycles. The Balaban J connectivity index is 2.09. The maximum absolute atomic E-state index is 12.2. The number of rotatable bonds is 1. The second kappa shape index (κ2) is 5.23. The Morgan fingerprint density at radius 2 is 1.86 bits per heavy atom. The summed E-state index contributed by atoms with van der Waals surface area (Å²) in [7, 11) is 0. The minimum absolute atomic E-state index is 0.0969. The lowest BCUT2D eigenvalue weighted by atomic mass is 10.1. The fourth-order valence-corrected chi connectivity index (χ4v) is 2.90. The number of ether oxygens (including phenoxy) is 1. The van der Waals surface area contributed by atoms with Crippen molar-refractivity contribution in [2.24, 2.45) is 0 Å². The molecule has 0 aliphatic carbocycles. The van der Waals surface area contributed by atoms with Gasteiger partial charge >= 0.3 is 0 Å². The molecule has 0 bridgehead atoms. The van der Waals surface area contributed by atoms with Gasteiger partial charge in [0.15, 0.2) is 17.3 Å². The molecule has 0 radical (unpaired) electrons. The van der Waals surface area contributed by atoms with Crippen LogP contribution in [0.1, 0.15) is 15.9 Å². The standard InChI is InChI=1S/C15H8BrClO5/c16-9-5-7(17)3-6(12(9)19)4-11-13(20)8-1-2-10(18)14(21)15(8)22-11/h1-5,18-19,21H/b11-4-. The fourth-order valence-electron chi connectivity index (χ4n) is 2.06. The molecule has 1 aliphatic heterocycles. The van der Waals surface area contributed by atoms with Crippen molar-refractivity contribution >= 4 is 39.4 Å². The molecule has 0 unspecified atom stereocenters. The number of hydrogen-bond acceptors (Lipinski definition) is 5. The van der Waals surface area contributed by atoms with Gasteiger partial charge in [-0.25, -0.2) is 0 Å². The highest BCUT2D eigenvalue weighted by Crippen LogP contribution is 2.44. The van der Waals surface area contributed by atoms with Gasteiger partial charge in [0.05, 0.1) is 10.0 Å². The summed E-state index contributed by atoms with van der Waals surface area (Å²) in [5.74, 6) is -1.68. The number of phenols is 3. The van der Waals surface area contributed by atoms with Gasteiger partial charge in [-0.05, 0) is 46.3 Å². The van der Waals surface area contributed by atoms with Crippen molar-refractivity contribution < 1.29 is 24.9 Å². The maximum Gasteiger partial charge on any atom is 0.232 e. The van der Waals surface area contributed by atoms with Crippen LogP contribution in [0.4, 0.5) is 0 Å². The Labute approximate surface area is 138 Å². The number of Topliss-reactive ketones (excluding diaryl/α,β-unsaturated/α-hetero) is 1. The lowest BCUT2D eigenvalue weighted by Crippen LogP contribution is -1.98. The molecule has 3 N–H and O–H groups in total. The number of halogens is 2. The van der Waals surface area contributed by atoms with Gasteiger partial charge in [0.2, 0.25) is 11.5 Å². The molecule has 3 rings (SSSR count). The normalized spacial score (nSPS) is 15.0. The largest absolute Gasteiger partial charge is 0.506 e. The van der Waals surface area contributed by atoms with Crippen LogP contribution in [0.3, 0.4) is 0 Å². The lowest BCUT2D eigenvalue weighted by molar-refractivity contribution is 0.101. The van der Waals surface area contributed by atoms with Gasteiger partial charge in [-0.15, -0.1) is 0 Å². The number of carbonyl (C=O) groups is 1. The van der Waals surface area contributed by atoms with Crippen LogP contribution < -0.4 is 4.74 Å². The molecule has 0 aromatic heterocycles. The fraction of sp³-hybridized carbons (Fsp3) is 0. The minimum atomic E-state index is -0.509. The summed E-state index contributed by atoms with van der Waals surface area (Å²) in [4.78, 5) is 12.2. The molecular formula is C15H8BrClO5. The Morgan fingerprint density at radius 3 is 2.59 bits per heavy atom. The first-order valence-corrected chi connectivity index (χ1v) is 7.22. The number of benzene rings is 2. The summed E-state index contributed by atoms with van der Waals surface area (Å²) in [6, 6.07) is 5.52. The number of carbonyl (C=O) groups excluding carboxylic acids is 1. The molecule has 112 valence electrons. The van der Waals surface area contributed by atoms with Crippen LogP contribution in [-0.2, 0) is 0 Å². The highest BCUT2D eigenvalue weighted by Gasteiger charge is 2.31. The summed E-state index contributed by atoms with van der Waals surface area (Å²) in [5.41, 5.74) is 0.404. The highest BCUT2D eigenvalue weighted by atomic mass is 79.9. The zero-order valence-electron chi connectivity index (χ0n) is 10.8. The van der Waals surface area contributed by atoms with Gasteiger partial charge in [-0.2, -0.15) is 0 Å². The second-order valence-electron chi connectivity index (χ2n) is 4.58. The van der Waals surface area contributed by atoms with E-state index in [9.17, 15) is 20.1 Å². The molecule has 5 nitrogen and oxygen atoms in total. The molecular weight excluding hydrogens is 376 g/mol. The van der Waals surface area contributed by atoms with Crippen LogP contribution in [0.25, 0.3) is 6.08 Å². The van der Waals surface area contributed by atoms with E-state index in [4.69, 9.17) is 16.3 Å². The molecule has 0 amide bonds. The molecule has 1 aliphatic rings. The Kier molecular flexibility index (Phi) is 3.50. The van der Waals surface area contributed by atoms with Gasteiger partial charge in [0.25, 0.3) is 0 Å². The highest BCUT2D eigenvalue weighted by molar-refractivity contribution is 9.10. The van der Waals surface area contributed by atoms with Gasteiger partial charge in [-0.1, -0.05) is 11.6 Å². The van der Waals surface area contributed by atoms with E-state index in [2.05, 4.69) is 15.9 Å². The SMILES string of the molecule is O=C1/C(=C/c2cc(Cl)cc(Br)c2O)Oc2c1ccc(O)c2O. The molecule has 7 heteroatoms. The van der Waals surface area contributed by atoms with Gasteiger partial charge in [0.1, 0.15) is 5.75 Å². The van der Waals surface area contributed by atoms with E-state index in [0.717, 1.165) is 0 Å². The Bertz CT molecular complexity index is 844. The zero-order chi connectivity index (χ0) is 16.0. The van der Waals surface area contributed by atoms with Crippen LogP contribution in [-0.4, -0.2) is 21.1 Å². The van der Waals surface area contributed by atoms with Crippen molar-refractivity contribution in [1.82, 2.24) is 0 Å².